The van der Waals surface area contributed by atoms with Crippen molar-refractivity contribution in [3.05, 3.63) is 131 Å². The van der Waals surface area contributed by atoms with Gasteiger partial charge in [-0.15, -0.1) is 4.91 Å². The van der Waals surface area contributed by atoms with Crippen molar-refractivity contribution in [3.8, 4) is 5.75 Å². The Kier molecular flexibility index (Phi) is 7.84. The molecular weight excluding hydrogens is 526 g/mol. The van der Waals surface area contributed by atoms with Crippen molar-refractivity contribution in [2.45, 2.75) is 33.4 Å². The SMILES string of the molecule is CCOC(=O)C1=C(C)N=c2s/c(=C\c3ccc(OCc4ccc(N=O)cc4)cc3)c(=O)n2C1c1ccc(C)cc1. The van der Waals surface area contributed by atoms with E-state index in [1.807, 2.05) is 61.5 Å². The summed E-state index contributed by atoms with van der Waals surface area (Å²) in [5.41, 5.74) is 4.68. The Hall–Kier alpha value is -4.63. The highest BCUT2D eigenvalue weighted by molar-refractivity contribution is 7.07. The number of fused-ring (bicyclic) bond motifs is 1. The van der Waals surface area contributed by atoms with Crippen LogP contribution in [0.3, 0.4) is 0 Å². The Morgan fingerprint density at radius 1 is 1.02 bits per heavy atom. The van der Waals surface area contributed by atoms with Crippen LogP contribution in [0.1, 0.15) is 42.1 Å². The zero-order valence-electron chi connectivity index (χ0n) is 22.3. The molecule has 0 bridgehead atoms. The molecule has 5 rings (SSSR count). The Morgan fingerprint density at radius 3 is 2.38 bits per heavy atom. The molecule has 9 heteroatoms. The fourth-order valence-corrected chi connectivity index (χ4v) is 5.53. The lowest BCUT2D eigenvalue weighted by Gasteiger charge is -2.24. The number of carbonyl (C=O) groups is 1. The lowest BCUT2D eigenvalue weighted by molar-refractivity contribution is -0.139. The predicted octanol–water partition coefficient (Wildman–Crippen LogP) is 5.08. The molecule has 1 atom stereocenters. The highest BCUT2D eigenvalue weighted by Gasteiger charge is 2.33. The molecule has 3 aromatic carbocycles. The Labute approximate surface area is 234 Å². The van der Waals surface area contributed by atoms with E-state index in [0.29, 0.717) is 38.6 Å². The van der Waals surface area contributed by atoms with Gasteiger partial charge in [0.05, 0.1) is 28.5 Å². The van der Waals surface area contributed by atoms with Crippen molar-refractivity contribution in [3.63, 3.8) is 0 Å². The summed E-state index contributed by atoms with van der Waals surface area (Å²) in [6, 6.07) is 21.5. The van der Waals surface area contributed by atoms with Crippen molar-refractivity contribution in [1.29, 1.82) is 0 Å². The number of carbonyl (C=O) groups excluding carboxylic acids is 1. The second-order valence-corrected chi connectivity index (χ2v) is 10.3. The molecule has 8 nitrogen and oxygen atoms in total. The van der Waals surface area contributed by atoms with E-state index in [4.69, 9.17) is 9.47 Å². The molecular formula is C31H27N3O5S. The van der Waals surface area contributed by atoms with Crippen molar-refractivity contribution in [2.75, 3.05) is 6.61 Å². The van der Waals surface area contributed by atoms with Gasteiger partial charge in [0.15, 0.2) is 4.80 Å². The first-order valence-electron chi connectivity index (χ1n) is 12.8. The number of hydrogen-bond donors (Lipinski definition) is 0. The van der Waals surface area contributed by atoms with Crippen molar-refractivity contribution >= 4 is 29.1 Å². The van der Waals surface area contributed by atoms with Crippen LogP contribution in [0.2, 0.25) is 0 Å². The Bertz CT molecular complexity index is 1770. The summed E-state index contributed by atoms with van der Waals surface area (Å²) < 4.78 is 13.3. The van der Waals surface area contributed by atoms with Crippen LogP contribution in [-0.2, 0) is 16.1 Å². The summed E-state index contributed by atoms with van der Waals surface area (Å²) in [6.07, 6.45) is 1.81. The van der Waals surface area contributed by atoms with Crippen LogP contribution in [0, 0.1) is 11.8 Å². The quantitative estimate of drug-likeness (QED) is 0.224. The molecule has 202 valence electrons. The highest BCUT2D eigenvalue weighted by Crippen LogP contribution is 2.30. The van der Waals surface area contributed by atoms with Crippen LogP contribution in [0.5, 0.6) is 5.75 Å². The number of rotatable bonds is 8. The number of nitrogens with zero attached hydrogens (tertiary/aromatic N) is 3. The standard InChI is InChI=1S/C31H27N3O5S/c1-4-38-30(36)27-20(3)32-31-34(28(27)23-11-5-19(2)6-12-23)29(35)26(40-31)17-21-9-15-25(16-10-21)39-18-22-7-13-24(33-37)14-8-22/h5-17,28H,4,18H2,1-3H3/b26-17-. The molecule has 1 unspecified atom stereocenters. The molecule has 2 heterocycles. The van der Waals surface area contributed by atoms with Crippen molar-refractivity contribution < 1.29 is 14.3 Å². The number of esters is 1. The molecule has 0 fully saturated rings. The van der Waals surface area contributed by atoms with E-state index >= 15 is 0 Å². The number of hydrogen-bond acceptors (Lipinski definition) is 8. The fourth-order valence-electron chi connectivity index (χ4n) is 4.49. The monoisotopic (exact) mass is 553 g/mol. The molecule has 0 saturated heterocycles. The number of thiazole rings is 1. The number of nitroso groups, excluding NO2 is 1. The molecule has 0 N–H and O–H groups in total. The summed E-state index contributed by atoms with van der Waals surface area (Å²) in [4.78, 5) is 42.5. The van der Waals surface area contributed by atoms with E-state index in [0.717, 1.165) is 22.3 Å². The molecule has 0 saturated carbocycles. The number of ether oxygens (including phenoxy) is 2. The smallest absolute Gasteiger partial charge is 0.338 e. The maximum absolute atomic E-state index is 13.7. The number of aromatic nitrogens is 1. The fraction of sp³-hybridized carbons (Fsp3) is 0.194. The zero-order chi connectivity index (χ0) is 28.2. The minimum Gasteiger partial charge on any atom is -0.489 e. The molecule has 1 aromatic heterocycles. The van der Waals surface area contributed by atoms with Gasteiger partial charge in [-0.1, -0.05) is 65.4 Å². The molecule has 0 spiro atoms. The van der Waals surface area contributed by atoms with Crippen LogP contribution in [0.15, 0.2) is 99.0 Å². The van der Waals surface area contributed by atoms with E-state index in [9.17, 15) is 14.5 Å². The van der Waals surface area contributed by atoms with Gasteiger partial charge in [0.1, 0.15) is 18.0 Å². The first-order valence-corrected chi connectivity index (χ1v) is 13.6. The van der Waals surface area contributed by atoms with Crippen molar-refractivity contribution in [2.24, 2.45) is 10.2 Å². The first-order chi connectivity index (χ1) is 19.4. The van der Waals surface area contributed by atoms with Gasteiger partial charge in [0, 0.05) is 0 Å². The van der Waals surface area contributed by atoms with E-state index in [1.54, 1.807) is 42.7 Å². The third-order valence-corrected chi connectivity index (χ3v) is 7.52. The number of allylic oxidation sites excluding steroid dienone is 1. The van der Waals surface area contributed by atoms with Crippen LogP contribution in [-0.4, -0.2) is 17.1 Å². The topological polar surface area (TPSA) is 99.3 Å². The summed E-state index contributed by atoms with van der Waals surface area (Å²) in [6.45, 7) is 6.09. The summed E-state index contributed by atoms with van der Waals surface area (Å²) in [5, 5.41) is 2.90. The van der Waals surface area contributed by atoms with E-state index in [2.05, 4.69) is 10.2 Å². The zero-order valence-corrected chi connectivity index (χ0v) is 23.1. The van der Waals surface area contributed by atoms with Crippen LogP contribution in [0.25, 0.3) is 6.08 Å². The average Bonchev–Trinajstić information content (AvgIpc) is 3.26. The van der Waals surface area contributed by atoms with Gasteiger partial charge in [-0.2, -0.15) is 0 Å². The van der Waals surface area contributed by atoms with Crippen LogP contribution < -0.4 is 19.6 Å². The number of benzene rings is 3. The number of aryl methyl sites for hydroxylation is 1. The average molecular weight is 554 g/mol. The van der Waals surface area contributed by atoms with Gasteiger partial charge < -0.3 is 9.47 Å². The summed E-state index contributed by atoms with van der Waals surface area (Å²) in [7, 11) is 0. The van der Waals surface area contributed by atoms with Gasteiger partial charge in [-0.3, -0.25) is 9.36 Å². The van der Waals surface area contributed by atoms with E-state index in [1.165, 1.54) is 11.3 Å². The Morgan fingerprint density at radius 2 is 1.73 bits per heavy atom. The summed E-state index contributed by atoms with van der Waals surface area (Å²) >= 11 is 1.28. The largest absolute Gasteiger partial charge is 0.489 e. The second-order valence-electron chi connectivity index (χ2n) is 9.33. The molecule has 4 aromatic rings. The minimum atomic E-state index is -0.634. The third-order valence-electron chi connectivity index (χ3n) is 6.54. The third kappa shape index (κ3) is 5.55. The second kappa shape index (κ2) is 11.6. The molecule has 0 radical (unpaired) electrons. The lowest BCUT2D eigenvalue weighted by atomic mass is 9.95. The molecule has 1 aliphatic heterocycles. The maximum atomic E-state index is 13.7. The van der Waals surface area contributed by atoms with Gasteiger partial charge in [-0.25, -0.2) is 9.79 Å². The minimum absolute atomic E-state index is 0.225. The molecule has 40 heavy (non-hydrogen) atoms. The first kappa shape index (κ1) is 27.0. The van der Waals surface area contributed by atoms with Crippen LogP contribution in [0.4, 0.5) is 5.69 Å². The van der Waals surface area contributed by atoms with Crippen molar-refractivity contribution in [1.82, 2.24) is 4.57 Å². The molecule has 0 aliphatic carbocycles. The maximum Gasteiger partial charge on any atom is 0.338 e. The van der Waals surface area contributed by atoms with Gasteiger partial charge in [0.25, 0.3) is 5.56 Å². The van der Waals surface area contributed by atoms with Gasteiger partial charge >= 0.3 is 5.97 Å². The normalized spacial score (nSPS) is 14.9. The molecule has 1 aliphatic rings. The van der Waals surface area contributed by atoms with E-state index in [-0.39, 0.29) is 12.2 Å². The Balaban J connectivity index is 1.46. The molecule has 0 amide bonds. The highest BCUT2D eigenvalue weighted by atomic mass is 32.1. The van der Waals surface area contributed by atoms with Gasteiger partial charge in [-0.05, 0) is 73.0 Å². The predicted molar refractivity (Wildman–Crippen MR) is 154 cm³/mol. The van der Waals surface area contributed by atoms with Gasteiger partial charge in [0.2, 0.25) is 0 Å². The summed E-state index contributed by atoms with van der Waals surface area (Å²) in [5.74, 6) is 0.195. The van der Waals surface area contributed by atoms with Crippen LogP contribution >= 0.6 is 11.3 Å². The van der Waals surface area contributed by atoms with E-state index < -0.39 is 12.0 Å². The lowest BCUT2D eigenvalue weighted by Crippen LogP contribution is -2.39.